The van der Waals surface area contributed by atoms with E-state index in [0.717, 1.165) is 6.07 Å². The molecule has 3 aromatic rings. The summed E-state index contributed by atoms with van der Waals surface area (Å²) >= 11 is 0. The first-order valence-corrected chi connectivity index (χ1v) is 7.32. The number of nitrogens with one attached hydrogen (secondary N) is 2. The second-order valence-electron chi connectivity index (χ2n) is 5.05. The van der Waals surface area contributed by atoms with Crippen LogP contribution in [0.4, 0.5) is 21.7 Å². The topological polar surface area (TPSA) is 90.7 Å². The van der Waals surface area contributed by atoms with E-state index in [0.29, 0.717) is 17.1 Å². The third-order valence-electron chi connectivity index (χ3n) is 3.30. The number of nitrogens with zero attached hydrogens (tertiary/aromatic N) is 3. The van der Waals surface area contributed by atoms with Gasteiger partial charge in [-0.1, -0.05) is 18.2 Å². The first kappa shape index (κ1) is 16.1. The Balaban J connectivity index is 1.70. The van der Waals surface area contributed by atoms with E-state index in [-0.39, 0.29) is 11.4 Å². The zero-order chi connectivity index (χ0) is 17.6. The third kappa shape index (κ3) is 3.95. The van der Waals surface area contributed by atoms with E-state index >= 15 is 0 Å². The molecule has 0 aliphatic carbocycles. The number of aromatic nitrogens is 2. The monoisotopic (exact) mass is 333 g/mol. The number of anilines is 3. The van der Waals surface area contributed by atoms with Crippen molar-refractivity contribution in [3.05, 3.63) is 77.6 Å². The van der Waals surface area contributed by atoms with Gasteiger partial charge in [-0.2, -0.15) is 5.26 Å². The molecule has 0 spiro atoms. The van der Waals surface area contributed by atoms with Gasteiger partial charge in [-0.15, -0.1) is 10.2 Å². The number of carbonyl (C=O) groups excluding carboxylic acids is 1. The lowest BCUT2D eigenvalue weighted by atomic mass is 10.2. The highest BCUT2D eigenvalue weighted by molar-refractivity contribution is 6.03. The first-order chi connectivity index (χ1) is 12.2. The average molecular weight is 333 g/mol. The molecule has 1 amide bonds. The lowest BCUT2D eigenvalue weighted by Crippen LogP contribution is -2.13. The second kappa shape index (κ2) is 7.19. The van der Waals surface area contributed by atoms with E-state index in [2.05, 4.69) is 26.9 Å². The Bertz CT molecular complexity index is 950. The Hall–Kier alpha value is -3.79. The summed E-state index contributed by atoms with van der Waals surface area (Å²) in [5.41, 5.74) is 1.27. The van der Waals surface area contributed by atoms with Crippen molar-refractivity contribution in [1.29, 1.82) is 5.26 Å². The number of nitriles is 1. The van der Waals surface area contributed by atoms with Gasteiger partial charge >= 0.3 is 0 Å². The molecule has 0 saturated carbocycles. The van der Waals surface area contributed by atoms with Gasteiger partial charge in [0, 0.05) is 5.56 Å². The van der Waals surface area contributed by atoms with Crippen molar-refractivity contribution >= 4 is 23.2 Å². The van der Waals surface area contributed by atoms with Crippen LogP contribution in [0.15, 0.2) is 60.7 Å². The van der Waals surface area contributed by atoms with Crippen LogP contribution in [0, 0.1) is 17.1 Å². The Morgan fingerprint density at radius 2 is 1.76 bits per heavy atom. The predicted octanol–water partition coefficient (Wildman–Crippen LogP) is 3.48. The maximum atomic E-state index is 13.1. The van der Waals surface area contributed by atoms with Crippen molar-refractivity contribution in [2.75, 3.05) is 10.6 Å². The third-order valence-corrected chi connectivity index (χ3v) is 3.30. The summed E-state index contributed by atoms with van der Waals surface area (Å²) < 4.78 is 13.1. The number of rotatable bonds is 4. The number of hydrogen-bond donors (Lipinski definition) is 2. The van der Waals surface area contributed by atoms with Crippen LogP contribution in [0.1, 0.15) is 15.9 Å². The summed E-state index contributed by atoms with van der Waals surface area (Å²) in [7, 11) is 0. The molecule has 0 unspecified atom stereocenters. The highest BCUT2D eigenvalue weighted by Gasteiger charge is 2.08. The van der Waals surface area contributed by atoms with E-state index in [9.17, 15) is 9.18 Å². The fourth-order valence-corrected chi connectivity index (χ4v) is 2.11. The summed E-state index contributed by atoms with van der Waals surface area (Å²) in [6.07, 6.45) is 0. The Labute approximate surface area is 143 Å². The number of hydrogen-bond acceptors (Lipinski definition) is 5. The van der Waals surface area contributed by atoms with E-state index in [4.69, 9.17) is 5.26 Å². The molecule has 0 fully saturated rings. The van der Waals surface area contributed by atoms with Crippen LogP contribution in [0.5, 0.6) is 0 Å². The van der Waals surface area contributed by atoms with Gasteiger partial charge in [0.2, 0.25) is 0 Å². The first-order valence-electron chi connectivity index (χ1n) is 7.32. The summed E-state index contributed by atoms with van der Waals surface area (Å²) in [5, 5.41) is 22.4. The van der Waals surface area contributed by atoms with Crippen molar-refractivity contribution in [2.45, 2.75) is 0 Å². The molecule has 0 radical (unpaired) electrons. The molecule has 0 bridgehead atoms. The summed E-state index contributed by atoms with van der Waals surface area (Å²) in [6.45, 7) is 0. The number of carbonyl (C=O) groups is 1. The summed E-state index contributed by atoms with van der Waals surface area (Å²) in [4.78, 5) is 12.0. The van der Waals surface area contributed by atoms with Crippen LogP contribution in [0.25, 0.3) is 0 Å². The van der Waals surface area contributed by atoms with Crippen LogP contribution >= 0.6 is 0 Å². The van der Waals surface area contributed by atoms with Gasteiger partial charge in [0.15, 0.2) is 11.6 Å². The zero-order valence-corrected chi connectivity index (χ0v) is 12.9. The molecule has 0 aliphatic rings. The smallest absolute Gasteiger partial charge is 0.256 e. The standard InChI is InChI=1S/C18H12FN5O/c19-14-6-3-5-12(10-14)18(25)22-17-9-8-16(23-24-17)21-15-7-2-1-4-13(15)11-20/h1-10H,(H,21,23)(H,22,24,25). The van der Waals surface area contributed by atoms with Gasteiger partial charge in [-0.3, -0.25) is 4.79 Å². The van der Waals surface area contributed by atoms with E-state index in [1.807, 2.05) is 0 Å². The average Bonchev–Trinajstić information content (AvgIpc) is 2.64. The van der Waals surface area contributed by atoms with E-state index in [1.165, 1.54) is 18.2 Å². The van der Waals surface area contributed by atoms with Gasteiger partial charge in [-0.25, -0.2) is 4.39 Å². The molecule has 1 heterocycles. The molecule has 0 atom stereocenters. The predicted molar refractivity (Wildman–Crippen MR) is 90.8 cm³/mol. The van der Waals surface area contributed by atoms with Crippen molar-refractivity contribution in [3.63, 3.8) is 0 Å². The van der Waals surface area contributed by atoms with Gasteiger partial charge in [0.25, 0.3) is 5.91 Å². The lowest BCUT2D eigenvalue weighted by Gasteiger charge is -2.08. The van der Waals surface area contributed by atoms with E-state index < -0.39 is 11.7 Å². The van der Waals surface area contributed by atoms with Crippen molar-refractivity contribution < 1.29 is 9.18 Å². The Kier molecular flexibility index (Phi) is 4.62. The summed E-state index contributed by atoms with van der Waals surface area (Å²) in [6, 6.07) is 17.6. The fraction of sp³-hybridized carbons (Fsp3) is 0. The number of para-hydroxylation sites is 1. The fourth-order valence-electron chi connectivity index (χ4n) is 2.11. The molecule has 2 aromatic carbocycles. The van der Waals surface area contributed by atoms with Gasteiger partial charge < -0.3 is 10.6 Å². The largest absolute Gasteiger partial charge is 0.338 e. The number of benzene rings is 2. The van der Waals surface area contributed by atoms with Crippen LogP contribution < -0.4 is 10.6 Å². The zero-order valence-electron chi connectivity index (χ0n) is 12.9. The van der Waals surface area contributed by atoms with Crippen LogP contribution in [-0.4, -0.2) is 16.1 Å². The normalized spacial score (nSPS) is 9.92. The highest BCUT2D eigenvalue weighted by Crippen LogP contribution is 2.19. The number of amides is 1. The second-order valence-corrected chi connectivity index (χ2v) is 5.05. The van der Waals surface area contributed by atoms with E-state index in [1.54, 1.807) is 36.4 Å². The molecule has 25 heavy (non-hydrogen) atoms. The number of halogens is 1. The maximum Gasteiger partial charge on any atom is 0.256 e. The SMILES string of the molecule is N#Cc1ccccc1Nc1ccc(NC(=O)c2cccc(F)c2)nn1. The van der Waals surface area contributed by atoms with Crippen LogP contribution in [0.2, 0.25) is 0 Å². The van der Waals surface area contributed by atoms with Crippen molar-refractivity contribution in [1.82, 2.24) is 10.2 Å². The van der Waals surface area contributed by atoms with Crippen molar-refractivity contribution in [2.24, 2.45) is 0 Å². The molecule has 1 aromatic heterocycles. The highest BCUT2D eigenvalue weighted by atomic mass is 19.1. The molecule has 6 nitrogen and oxygen atoms in total. The minimum absolute atomic E-state index is 0.187. The molecule has 7 heteroatoms. The molecule has 0 saturated heterocycles. The quantitative estimate of drug-likeness (QED) is 0.763. The minimum Gasteiger partial charge on any atom is -0.338 e. The van der Waals surface area contributed by atoms with Gasteiger partial charge in [0.1, 0.15) is 11.9 Å². The molecule has 122 valence electrons. The molecular weight excluding hydrogens is 321 g/mol. The van der Waals surface area contributed by atoms with Crippen LogP contribution in [-0.2, 0) is 0 Å². The van der Waals surface area contributed by atoms with Crippen LogP contribution in [0.3, 0.4) is 0 Å². The molecule has 0 aliphatic heterocycles. The Morgan fingerprint density at radius 3 is 2.48 bits per heavy atom. The minimum atomic E-state index is -0.491. The summed E-state index contributed by atoms with van der Waals surface area (Å²) in [5.74, 6) is -0.321. The molecule has 3 rings (SSSR count). The maximum absolute atomic E-state index is 13.1. The van der Waals surface area contributed by atoms with Gasteiger partial charge in [0.05, 0.1) is 11.3 Å². The molecular formula is C18H12FN5O. The molecule has 2 N–H and O–H groups in total. The van der Waals surface area contributed by atoms with Crippen molar-refractivity contribution in [3.8, 4) is 6.07 Å². The Morgan fingerprint density at radius 1 is 1.00 bits per heavy atom. The lowest BCUT2D eigenvalue weighted by molar-refractivity contribution is 0.102. The van der Waals surface area contributed by atoms with Gasteiger partial charge in [-0.05, 0) is 42.5 Å².